The van der Waals surface area contributed by atoms with Gasteiger partial charge in [0.25, 0.3) is 0 Å². The van der Waals surface area contributed by atoms with Crippen LogP contribution in [0, 0.1) is 12.8 Å². The lowest BCUT2D eigenvalue weighted by molar-refractivity contribution is 0.113. The third-order valence-corrected chi connectivity index (χ3v) is 4.62. The topological polar surface area (TPSA) is 20.2 Å². The minimum absolute atomic E-state index is 0.310. The minimum atomic E-state index is -0.331. The molecule has 1 unspecified atom stereocenters. The third-order valence-electron chi connectivity index (χ3n) is 4.26. The summed E-state index contributed by atoms with van der Waals surface area (Å²) in [5.41, 5.74) is 4.96. The van der Waals surface area contributed by atoms with Crippen molar-refractivity contribution in [2.24, 2.45) is 5.92 Å². The Labute approximate surface area is 125 Å². The van der Waals surface area contributed by atoms with E-state index in [-0.39, 0.29) is 6.10 Å². The van der Waals surface area contributed by atoms with E-state index in [4.69, 9.17) is 11.6 Å². The molecule has 1 aliphatic rings. The highest BCUT2D eigenvalue weighted by molar-refractivity contribution is 6.31. The first kappa shape index (κ1) is 13.7. The molecule has 2 aromatic carbocycles. The van der Waals surface area contributed by atoms with Gasteiger partial charge in [0.1, 0.15) is 0 Å². The molecule has 2 heteroatoms. The number of halogens is 1. The molecule has 0 heterocycles. The van der Waals surface area contributed by atoms with Crippen molar-refractivity contribution in [2.45, 2.75) is 32.3 Å². The summed E-state index contributed by atoms with van der Waals surface area (Å²) in [5.74, 6) is 0.310. The molecule has 20 heavy (non-hydrogen) atoms. The van der Waals surface area contributed by atoms with E-state index in [9.17, 15) is 5.11 Å². The van der Waals surface area contributed by atoms with E-state index in [1.54, 1.807) is 0 Å². The van der Waals surface area contributed by atoms with Gasteiger partial charge in [0, 0.05) is 11.4 Å². The third kappa shape index (κ3) is 2.74. The number of rotatable bonds is 3. The molecule has 1 aliphatic carbocycles. The summed E-state index contributed by atoms with van der Waals surface area (Å²) in [6.07, 6.45) is 2.25. The zero-order chi connectivity index (χ0) is 14.1. The fourth-order valence-corrected chi connectivity index (χ4v) is 3.39. The normalized spacial score (nSPS) is 16.1. The molecule has 1 N–H and O–H groups in total. The molecule has 0 bridgehead atoms. The largest absolute Gasteiger partial charge is 0.392 e. The van der Waals surface area contributed by atoms with Gasteiger partial charge in [-0.05, 0) is 54.0 Å². The summed E-state index contributed by atoms with van der Waals surface area (Å²) in [4.78, 5) is 0. The van der Waals surface area contributed by atoms with Crippen LogP contribution in [-0.4, -0.2) is 11.2 Å². The molecule has 3 rings (SSSR count). The highest BCUT2D eigenvalue weighted by Crippen LogP contribution is 2.30. The Morgan fingerprint density at radius 2 is 1.80 bits per heavy atom. The molecule has 1 nitrogen and oxygen atoms in total. The van der Waals surface area contributed by atoms with Crippen molar-refractivity contribution in [2.75, 3.05) is 0 Å². The Kier molecular flexibility index (Phi) is 3.82. The summed E-state index contributed by atoms with van der Waals surface area (Å²) in [5, 5.41) is 11.3. The first-order valence-electron chi connectivity index (χ1n) is 7.13. The Balaban J connectivity index is 1.70. The summed E-state index contributed by atoms with van der Waals surface area (Å²) < 4.78 is 0. The fraction of sp³-hybridized carbons (Fsp3) is 0.333. The van der Waals surface area contributed by atoms with Crippen LogP contribution in [0.15, 0.2) is 42.5 Å². The van der Waals surface area contributed by atoms with Crippen LogP contribution in [0.3, 0.4) is 0 Å². The monoisotopic (exact) mass is 286 g/mol. The Bertz CT molecular complexity index is 596. The van der Waals surface area contributed by atoms with E-state index in [1.807, 2.05) is 19.1 Å². The second kappa shape index (κ2) is 5.59. The minimum Gasteiger partial charge on any atom is -0.392 e. The van der Waals surface area contributed by atoms with Gasteiger partial charge in [-0.2, -0.15) is 0 Å². The molecule has 2 aromatic rings. The number of aliphatic hydroxyl groups is 1. The van der Waals surface area contributed by atoms with Crippen LogP contribution >= 0.6 is 11.6 Å². The lowest BCUT2D eigenvalue weighted by Crippen LogP contribution is -2.23. The quantitative estimate of drug-likeness (QED) is 0.905. The van der Waals surface area contributed by atoms with Gasteiger partial charge < -0.3 is 5.11 Å². The fourth-order valence-electron chi connectivity index (χ4n) is 3.07. The lowest BCUT2D eigenvalue weighted by atomic mass is 9.93. The van der Waals surface area contributed by atoms with Crippen LogP contribution in [0.5, 0.6) is 0 Å². The molecule has 0 aromatic heterocycles. The maximum atomic E-state index is 10.5. The van der Waals surface area contributed by atoms with Crippen LogP contribution in [0.25, 0.3) is 0 Å². The number of aliphatic hydroxyl groups excluding tert-OH is 1. The van der Waals surface area contributed by atoms with Crippen LogP contribution < -0.4 is 0 Å². The van der Waals surface area contributed by atoms with Crippen molar-refractivity contribution in [1.29, 1.82) is 0 Å². The van der Waals surface area contributed by atoms with Gasteiger partial charge in [0.15, 0.2) is 0 Å². The first-order chi connectivity index (χ1) is 9.63. The molecule has 104 valence electrons. The summed E-state index contributed by atoms with van der Waals surface area (Å²) in [7, 11) is 0. The standard InChI is InChI=1S/C18H19ClO/c1-12-6-7-15(17(19)8-12)11-18(20)16-9-13-4-2-3-5-14(13)10-16/h2-8,16,18,20H,9-11H2,1H3. The Morgan fingerprint density at radius 3 is 2.40 bits per heavy atom. The maximum absolute atomic E-state index is 10.5. The van der Waals surface area contributed by atoms with Crippen LogP contribution in [0.1, 0.15) is 22.3 Å². The lowest BCUT2D eigenvalue weighted by Gasteiger charge is -2.18. The predicted octanol–water partition coefficient (Wildman–Crippen LogP) is 3.97. The number of benzene rings is 2. The molecule has 0 radical (unpaired) electrons. The van der Waals surface area contributed by atoms with Gasteiger partial charge >= 0.3 is 0 Å². The van der Waals surface area contributed by atoms with E-state index in [1.165, 1.54) is 11.1 Å². The van der Waals surface area contributed by atoms with Crippen molar-refractivity contribution < 1.29 is 5.11 Å². The highest BCUT2D eigenvalue weighted by atomic mass is 35.5. The van der Waals surface area contributed by atoms with Gasteiger partial charge in [-0.3, -0.25) is 0 Å². The Hall–Kier alpha value is -1.31. The van der Waals surface area contributed by atoms with Crippen molar-refractivity contribution in [3.63, 3.8) is 0 Å². The molecular formula is C18H19ClO. The summed E-state index contributed by atoms with van der Waals surface area (Å²) in [6.45, 7) is 2.03. The molecule has 1 atom stereocenters. The molecule has 0 spiro atoms. The second-order valence-electron chi connectivity index (χ2n) is 5.80. The first-order valence-corrected chi connectivity index (χ1v) is 7.51. The van der Waals surface area contributed by atoms with Crippen LogP contribution in [0.4, 0.5) is 0 Å². The molecule has 0 saturated heterocycles. The van der Waals surface area contributed by atoms with E-state index in [2.05, 4.69) is 30.3 Å². The number of hydrogen-bond acceptors (Lipinski definition) is 1. The molecular weight excluding hydrogens is 268 g/mol. The number of aryl methyl sites for hydroxylation is 1. The van der Waals surface area contributed by atoms with E-state index >= 15 is 0 Å². The van der Waals surface area contributed by atoms with E-state index in [0.717, 1.165) is 29.0 Å². The Morgan fingerprint density at radius 1 is 1.15 bits per heavy atom. The van der Waals surface area contributed by atoms with Crippen LogP contribution in [-0.2, 0) is 19.3 Å². The molecule has 0 saturated carbocycles. The van der Waals surface area contributed by atoms with Crippen molar-refractivity contribution in [3.8, 4) is 0 Å². The van der Waals surface area contributed by atoms with Crippen molar-refractivity contribution in [1.82, 2.24) is 0 Å². The molecule has 0 aliphatic heterocycles. The van der Waals surface area contributed by atoms with Gasteiger partial charge in [0.05, 0.1) is 6.10 Å². The zero-order valence-corrected chi connectivity index (χ0v) is 12.4. The summed E-state index contributed by atoms with van der Waals surface area (Å²) >= 11 is 6.26. The van der Waals surface area contributed by atoms with Crippen LogP contribution in [0.2, 0.25) is 5.02 Å². The number of fused-ring (bicyclic) bond motifs is 1. The van der Waals surface area contributed by atoms with Crippen molar-refractivity contribution >= 4 is 11.6 Å². The summed E-state index contributed by atoms with van der Waals surface area (Å²) in [6, 6.07) is 14.5. The molecule has 0 amide bonds. The van der Waals surface area contributed by atoms with Gasteiger partial charge in [-0.15, -0.1) is 0 Å². The maximum Gasteiger partial charge on any atom is 0.0615 e. The SMILES string of the molecule is Cc1ccc(CC(O)C2Cc3ccccc3C2)c(Cl)c1. The highest BCUT2D eigenvalue weighted by Gasteiger charge is 2.27. The van der Waals surface area contributed by atoms with E-state index < -0.39 is 0 Å². The van der Waals surface area contributed by atoms with Gasteiger partial charge in [-0.25, -0.2) is 0 Å². The van der Waals surface area contributed by atoms with Gasteiger partial charge in [-0.1, -0.05) is 48.0 Å². The van der Waals surface area contributed by atoms with E-state index in [0.29, 0.717) is 12.3 Å². The average Bonchev–Trinajstić information content (AvgIpc) is 2.86. The van der Waals surface area contributed by atoms with Gasteiger partial charge in [0.2, 0.25) is 0 Å². The average molecular weight is 287 g/mol. The number of hydrogen-bond donors (Lipinski definition) is 1. The van der Waals surface area contributed by atoms with Crippen molar-refractivity contribution in [3.05, 3.63) is 69.7 Å². The predicted molar refractivity (Wildman–Crippen MR) is 83.2 cm³/mol. The smallest absolute Gasteiger partial charge is 0.0615 e. The molecule has 0 fully saturated rings. The zero-order valence-electron chi connectivity index (χ0n) is 11.6. The second-order valence-corrected chi connectivity index (χ2v) is 6.21.